The zero-order valence-electron chi connectivity index (χ0n) is 14.2. The van der Waals surface area contributed by atoms with Crippen LogP contribution in [-0.4, -0.2) is 49.1 Å². The van der Waals surface area contributed by atoms with Crippen LogP contribution < -0.4 is 0 Å². The highest BCUT2D eigenvalue weighted by atomic mass is 15.2. The molecule has 2 heteroatoms. The quantitative estimate of drug-likeness (QED) is 0.457. The van der Waals surface area contributed by atoms with Crippen LogP contribution in [0, 0.1) is 0 Å². The Balaban J connectivity index is 2.14. The van der Waals surface area contributed by atoms with E-state index in [-0.39, 0.29) is 0 Å². The highest BCUT2D eigenvalue weighted by Gasteiger charge is 2.12. The maximum Gasteiger partial charge on any atom is 0.0109 e. The van der Waals surface area contributed by atoms with Crippen molar-refractivity contribution in [2.24, 2.45) is 0 Å². The van der Waals surface area contributed by atoms with Crippen molar-refractivity contribution in [1.82, 2.24) is 9.80 Å². The summed E-state index contributed by atoms with van der Waals surface area (Å²) >= 11 is 0. The SMILES string of the molecule is CCCCCCN(CCCCCC)CCN1CCCC1. The summed E-state index contributed by atoms with van der Waals surface area (Å²) in [6, 6.07) is 0. The number of rotatable bonds is 13. The summed E-state index contributed by atoms with van der Waals surface area (Å²) in [5, 5.41) is 0. The van der Waals surface area contributed by atoms with Gasteiger partial charge in [0.15, 0.2) is 0 Å². The number of hydrogen-bond acceptors (Lipinski definition) is 2. The van der Waals surface area contributed by atoms with Gasteiger partial charge in [-0.15, -0.1) is 0 Å². The molecule has 0 radical (unpaired) electrons. The van der Waals surface area contributed by atoms with Crippen LogP contribution in [0.15, 0.2) is 0 Å². The Hall–Kier alpha value is -0.0800. The predicted molar refractivity (Wildman–Crippen MR) is 90.4 cm³/mol. The van der Waals surface area contributed by atoms with Crippen molar-refractivity contribution in [3.05, 3.63) is 0 Å². The molecule has 0 amide bonds. The molecule has 0 aromatic heterocycles. The summed E-state index contributed by atoms with van der Waals surface area (Å²) in [5.41, 5.74) is 0. The molecule has 1 fully saturated rings. The van der Waals surface area contributed by atoms with Gasteiger partial charge in [0.2, 0.25) is 0 Å². The summed E-state index contributed by atoms with van der Waals surface area (Å²) in [4.78, 5) is 5.40. The van der Waals surface area contributed by atoms with Gasteiger partial charge in [-0.1, -0.05) is 52.4 Å². The summed E-state index contributed by atoms with van der Waals surface area (Å²) in [6.07, 6.45) is 14.0. The minimum Gasteiger partial charge on any atom is -0.302 e. The number of unbranched alkanes of at least 4 members (excludes halogenated alkanes) is 6. The lowest BCUT2D eigenvalue weighted by atomic mass is 10.1. The smallest absolute Gasteiger partial charge is 0.0109 e. The van der Waals surface area contributed by atoms with Crippen LogP contribution in [0.4, 0.5) is 0 Å². The molecule has 0 saturated carbocycles. The Morgan fingerprint density at radius 3 is 1.75 bits per heavy atom. The molecule has 0 aliphatic carbocycles. The Bertz CT molecular complexity index is 188. The van der Waals surface area contributed by atoms with Gasteiger partial charge in [0.25, 0.3) is 0 Å². The fourth-order valence-electron chi connectivity index (χ4n) is 3.15. The van der Waals surface area contributed by atoms with Gasteiger partial charge in [-0.25, -0.2) is 0 Å². The molecular weight excluding hydrogens is 244 g/mol. The van der Waals surface area contributed by atoms with Gasteiger partial charge in [0.1, 0.15) is 0 Å². The van der Waals surface area contributed by atoms with E-state index in [1.54, 1.807) is 0 Å². The van der Waals surface area contributed by atoms with Gasteiger partial charge < -0.3 is 9.80 Å². The van der Waals surface area contributed by atoms with Crippen molar-refractivity contribution in [2.45, 2.75) is 78.1 Å². The first kappa shape index (κ1) is 18.0. The molecule has 1 heterocycles. The van der Waals surface area contributed by atoms with Crippen LogP contribution in [0.25, 0.3) is 0 Å². The van der Waals surface area contributed by atoms with E-state index in [9.17, 15) is 0 Å². The van der Waals surface area contributed by atoms with Crippen molar-refractivity contribution in [2.75, 3.05) is 39.3 Å². The van der Waals surface area contributed by atoms with E-state index in [1.165, 1.54) is 103 Å². The molecule has 0 atom stereocenters. The Morgan fingerprint density at radius 1 is 0.700 bits per heavy atom. The third-order valence-corrected chi connectivity index (χ3v) is 4.59. The van der Waals surface area contributed by atoms with Crippen LogP contribution >= 0.6 is 0 Å². The molecule has 0 aromatic carbocycles. The van der Waals surface area contributed by atoms with Crippen molar-refractivity contribution < 1.29 is 0 Å². The van der Waals surface area contributed by atoms with Crippen molar-refractivity contribution in [3.63, 3.8) is 0 Å². The Morgan fingerprint density at radius 2 is 1.25 bits per heavy atom. The van der Waals surface area contributed by atoms with E-state index < -0.39 is 0 Å². The second-order valence-corrected chi connectivity index (χ2v) is 6.51. The van der Waals surface area contributed by atoms with E-state index in [1.807, 2.05) is 0 Å². The number of likely N-dealkylation sites (tertiary alicyclic amines) is 1. The molecule has 1 aliphatic heterocycles. The normalized spacial score (nSPS) is 16.4. The Labute approximate surface area is 127 Å². The molecule has 2 nitrogen and oxygen atoms in total. The van der Waals surface area contributed by atoms with E-state index in [2.05, 4.69) is 23.6 Å². The average Bonchev–Trinajstić information content (AvgIpc) is 2.97. The van der Waals surface area contributed by atoms with E-state index in [0.29, 0.717) is 0 Å². The van der Waals surface area contributed by atoms with E-state index >= 15 is 0 Å². The van der Waals surface area contributed by atoms with Gasteiger partial charge in [0.05, 0.1) is 0 Å². The van der Waals surface area contributed by atoms with Crippen molar-refractivity contribution in [3.8, 4) is 0 Å². The minimum atomic E-state index is 1.30. The summed E-state index contributed by atoms with van der Waals surface area (Å²) in [7, 11) is 0. The number of hydrogen-bond donors (Lipinski definition) is 0. The van der Waals surface area contributed by atoms with Gasteiger partial charge in [-0.2, -0.15) is 0 Å². The molecule has 1 saturated heterocycles. The average molecular weight is 283 g/mol. The fourth-order valence-corrected chi connectivity index (χ4v) is 3.15. The lowest BCUT2D eigenvalue weighted by Gasteiger charge is -2.25. The molecule has 20 heavy (non-hydrogen) atoms. The highest BCUT2D eigenvalue weighted by Crippen LogP contribution is 2.09. The van der Waals surface area contributed by atoms with Gasteiger partial charge >= 0.3 is 0 Å². The molecule has 1 rings (SSSR count). The third kappa shape index (κ3) is 8.97. The van der Waals surface area contributed by atoms with Crippen LogP contribution in [0.5, 0.6) is 0 Å². The maximum absolute atomic E-state index is 2.74. The monoisotopic (exact) mass is 282 g/mol. The van der Waals surface area contributed by atoms with Gasteiger partial charge in [0, 0.05) is 13.1 Å². The molecular formula is C18H38N2. The lowest BCUT2D eigenvalue weighted by Crippen LogP contribution is -2.35. The second-order valence-electron chi connectivity index (χ2n) is 6.51. The lowest BCUT2D eigenvalue weighted by molar-refractivity contribution is 0.217. The van der Waals surface area contributed by atoms with Crippen LogP contribution in [0.2, 0.25) is 0 Å². The summed E-state index contributed by atoms with van der Waals surface area (Å²) in [6.45, 7) is 12.6. The summed E-state index contributed by atoms with van der Waals surface area (Å²) < 4.78 is 0. The summed E-state index contributed by atoms with van der Waals surface area (Å²) in [5.74, 6) is 0. The van der Waals surface area contributed by atoms with Crippen LogP contribution in [0.3, 0.4) is 0 Å². The molecule has 0 aromatic rings. The minimum absolute atomic E-state index is 1.30. The first-order valence-electron chi connectivity index (χ1n) is 9.31. The van der Waals surface area contributed by atoms with Gasteiger partial charge in [-0.3, -0.25) is 0 Å². The zero-order valence-corrected chi connectivity index (χ0v) is 14.2. The predicted octanol–water partition coefficient (Wildman–Crippen LogP) is 4.54. The van der Waals surface area contributed by atoms with Crippen LogP contribution in [-0.2, 0) is 0 Å². The first-order chi connectivity index (χ1) is 9.86. The molecule has 0 bridgehead atoms. The van der Waals surface area contributed by atoms with Crippen molar-refractivity contribution >= 4 is 0 Å². The molecule has 0 N–H and O–H groups in total. The fraction of sp³-hybridized carbons (Fsp3) is 1.00. The maximum atomic E-state index is 2.74. The van der Waals surface area contributed by atoms with Crippen molar-refractivity contribution in [1.29, 1.82) is 0 Å². The molecule has 1 aliphatic rings. The second kappa shape index (κ2) is 12.6. The molecule has 0 unspecified atom stereocenters. The van der Waals surface area contributed by atoms with Crippen LogP contribution in [0.1, 0.15) is 78.1 Å². The zero-order chi connectivity index (χ0) is 14.5. The highest BCUT2D eigenvalue weighted by molar-refractivity contribution is 4.69. The molecule has 0 spiro atoms. The first-order valence-corrected chi connectivity index (χ1v) is 9.31. The largest absolute Gasteiger partial charge is 0.302 e. The standard InChI is InChI=1S/C18H38N2/c1-3-5-7-9-13-19(14-10-8-6-4-2)17-18-20-15-11-12-16-20/h3-18H2,1-2H3. The third-order valence-electron chi connectivity index (χ3n) is 4.59. The topological polar surface area (TPSA) is 6.48 Å². The van der Waals surface area contributed by atoms with Gasteiger partial charge in [-0.05, 0) is 51.9 Å². The van der Waals surface area contributed by atoms with E-state index in [0.717, 1.165) is 0 Å². The molecule has 120 valence electrons. The Kier molecular flexibility index (Phi) is 11.4. The number of nitrogens with zero attached hydrogens (tertiary/aromatic N) is 2. The van der Waals surface area contributed by atoms with E-state index in [4.69, 9.17) is 0 Å².